The molecular formula is C22H34O2. The van der Waals surface area contributed by atoms with Crippen molar-refractivity contribution in [1.29, 1.82) is 0 Å². The summed E-state index contributed by atoms with van der Waals surface area (Å²) in [5, 5.41) is 0. The normalized spacial score (nSPS) is 12.4. The van der Waals surface area contributed by atoms with E-state index in [1.807, 2.05) is 37.3 Å². The Labute approximate surface area is 148 Å². The van der Waals surface area contributed by atoms with Crippen molar-refractivity contribution in [3.05, 3.63) is 42.0 Å². The van der Waals surface area contributed by atoms with Gasteiger partial charge < -0.3 is 4.74 Å². The summed E-state index contributed by atoms with van der Waals surface area (Å²) >= 11 is 0. The average molecular weight is 331 g/mol. The first-order chi connectivity index (χ1) is 11.7. The van der Waals surface area contributed by atoms with Crippen LogP contribution in [0.25, 0.3) is 6.08 Å². The topological polar surface area (TPSA) is 26.3 Å². The molecule has 134 valence electrons. The Hall–Kier alpha value is -1.57. The van der Waals surface area contributed by atoms with Crippen LogP contribution in [0.2, 0.25) is 0 Å². The van der Waals surface area contributed by atoms with Gasteiger partial charge in [-0.3, -0.25) is 0 Å². The van der Waals surface area contributed by atoms with Gasteiger partial charge in [-0.1, -0.05) is 88.6 Å². The standard InChI is InChI=1S/C22H34O2/c1-3-4-5-6-7-8-9-10-12-15-20(2)24-22(23)19-18-21-16-13-11-14-17-21/h11,13-14,16-20H,3-10,12,15H2,1-2H3/b19-18+. The highest BCUT2D eigenvalue weighted by atomic mass is 16.5. The third-order valence-electron chi connectivity index (χ3n) is 4.24. The zero-order valence-electron chi connectivity index (χ0n) is 15.5. The van der Waals surface area contributed by atoms with Crippen LogP contribution in [0.3, 0.4) is 0 Å². The first-order valence-corrected chi connectivity index (χ1v) is 9.66. The molecular weight excluding hydrogens is 296 g/mol. The maximum atomic E-state index is 11.8. The van der Waals surface area contributed by atoms with Gasteiger partial charge in [-0.05, 0) is 31.4 Å². The lowest BCUT2D eigenvalue weighted by Crippen LogP contribution is -2.12. The summed E-state index contributed by atoms with van der Waals surface area (Å²) in [6, 6.07) is 9.81. The van der Waals surface area contributed by atoms with Gasteiger partial charge in [0.25, 0.3) is 0 Å². The number of rotatable bonds is 13. The molecule has 0 spiro atoms. The molecule has 0 aliphatic carbocycles. The van der Waals surface area contributed by atoms with Crippen LogP contribution in [0.5, 0.6) is 0 Å². The molecule has 2 nitrogen and oxygen atoms in total. The number of esters is 1. The van der Waals surface area contributed by atoms with Crippen molar-refractivity contribution in [3.8, 4) is 0 Å². The van der Waals surface area contributed by atoms with Gasteiger partial charge in [-0.15, -0.1) is 0 Å². The Morgan fingerprint density at radius 3 is 2.17 bits per heavy atom. The van der Waals surface area contributed by atoms with Gasteiger partial charge in [0, 0.05) is 6.08 Å². The first-order valence-electron chi connectivity index (χ1n) is 9.66. The third-order valence-corrected chi connectivity index (χ3v) is 4.24. The van der Waals surface area contributed by atoms with E-state index in [2.05, 4.69) is 6.92 Å². The molecule has 0 heterocycles. The van der Waals surface area contributed by atoms with Gasteiger partial charge in [0.05, 0.1) is 6.10 Å². The summed E-state index contributed by atoms with van der Waals surface area (Å²) in [6.07, 6.45) is 16.2. The average Bonchev–Trinajstić information content (AvgIpc) is 2.59. The smallest absolute Gasteiger partial charge is 0.331 e. The van der Waals surface area contributed by atoms with E-state index in [1.54, 1.807) is 6.08 Å². The fraction of sp³-hybridized carbons (Fsp3) is 0.591. The summed E-state index contributed by atoms with van der Waals surface area (Å²) in [6.45, 7) is 4.24. The van der Waals surface area contributed by atoms with E-state index >= 15 is 0 Å². The van der Waals surface area contributed by atoms with E-state index in [0.717, 1.165) is 18.4 Å². The number of ether oxygens (including phenoxy) is 1. The van der Waals surface area contributed by atoms with Gasteiger partial charge in [-0.25, -0.2) is 4.79 Å². The molecule has 0 aliphatic rings. The second-order valence-corrected chi connectivity index (χ2v) is 6.61. The van der Waals surface area contributed by atoms with Crippen LogP contribution in [0.15, 0.2) is 36.4 Å². The highest BCUT2D eigenvalue weighted by Gasteiger charge is 2.06. The van der Waals surface area contributed by atoms with Crippen molar-refractivity contribution in [1.82, 2.24) is 0 Å². The second-order valence-electron chi connectivity index (χ2n) is 6.61. The molecule has 0 aliphatic heterocycles. The maximum absolute atomic E-state index is 11.8. The number of benzene rings is 1. The Morgan fingerprint density at radius 2 is 1.54 bits per heavy atom. The van der Waals surface area contributed by atoms with Crippen molar-refractivity contribution in [2.24, 2.45) is 0 Å². The van der Waals surface area contributed by atoms with E-state index in [-0.39, 0.29) is 12.1 Å². The molecule has 24 heavy (non-hydrogen) atoms. The Balaban J connectivity index is 2.02. The number of hydrogen-bond acceptors (Lipinski definition) is 2. The van der Waals surface area contributed by atoms with E-state index in [0.29, 0.717) is 0 Å². The number of carbonyl (C=O) groups is 1. The first kappa shape index (κ1) is 20.5. The molecule has 0 saturated heterocycles. The Bertz CT molecular complexity index is 450. The molecule has 1 atom stereocenters. The van der Waals surface area contributed by atoms with Crippen molar-refractivity contribution in [2.45, 2.75) is 84.2 Å². The lowest BCUT2D eigenvalue weighted by Gasteiger charge is -2.11. The molecule has 0 aromatic heterocycles. The van der Waals surface area contributed by atoms with E-state index in [9.17, 15) is 4.79 Å². The van der Waals surface area contributed by atoms with E-state index in [1.165, 1.54) is 57.4 Å². The van der Waals surface area contributed by atoms with Crippen molar-refractivity contribution in [2.75, 3.05) is 0 Å². The SMILES string of the molecule is CCCCCCCCCCCC(C)OC(=O)/C=C/c1ccccc1. The monoisotopic (exact) mass is 330 g/mol. The maximum Gasteiger partial charge on any atom is 0.331 e. The molecule has 0 radical (unpaired) electrons. The van der Waals surface area contributed by atoms with Gasteiger partial charge in [0.2, 0.25) is 0 Å². The van der Waals surface area contributed by atoms with Gasteiger partial charge in [0.15, 0.2) is 0 Å². The second kappa shape index (κ2) is 13.8. The van der Waals surface area contributed by atoms with Gasteiger partial charge in [0.1, 0.15) is 0 Å². The van der Waals surface area contributed by atoms with Gasteiger partial charge in [-0.2, -0.15) is 0 Å². The highest BCUT2D eigenvalue weighted by Crippen LogP contribution is 2.12. The minimum atomic E-state index is -0.248. The fourth-order valence-corrected chi connectivity index (χ4v) is 2.77. The van der Waals surface area contributed by atoms with Crippen molar-refractivity contribution in [3.63, 3.8) is 0 Å². The molecule has 0 saturated carbocycles. The minimum Gasteiger partial charge on any atom is -0.460 e. The summed E-state index contributed by atoms with van der Waals surface area (Å²) in [4.78, 5) is 11.8. The lowest BCUT2D eigenvalue weighted by atomic mass is 10.1. The molecule has 0 fully saturated rings. The Morgan fingerprint density at radius 1 is 0.958 bits per heavy atom. The number of carbonyl (C=O) groups excluding carboxylic acids is 1. The molecule has 0 bridgehead atoms. The summed E-state index contributed by atoms with van der Waals surface area (Å²) in [7, 11) is 0. The largest absolute Gasteiger partial charge is 0.460 e. The number of hydrogen-bond donors (Lipinski definition) is 0. The zero-order valence-corrected chi connectivity index (χ0v) is 15.5. The van der Waals surface area contributed by atoms with E-state index < -0.39 is 0 Å². The predicted octanol–water partition coefficient (Wildman–Crippen LogP) is 6.55. The van der Waals surface area contributed by atoms with Crippen LogP contribution in [-0.2, 0) is 9.53 Å². The van der Waals surface area contributed by atoms with Gasteiger partial charge >= 0.3 is 5.97 Å². The molecule has 0 amide bonds. The van der Waals surface area contributed by atoms with Crippen LogP contribution in [-0.4, -0.2) is 12.1 Å². The molecule has 2 heteroatoms. The van der Waals surface area contributed by atoms with Crippen LogP contribution < -0.4 is 0 Å². The summed E-state index contributed by atoms with van der Waals surface area (Å²) < 4.78 is 5.42. The predicted molar refractivity (Wildman–Crippen MR) is 103 cm³/mol. The van der Waals surface area contributed by atoms with Crippen LogP contribution in [0.1, 0.15) is 83.6 Å². The highest BCUT2D eigenvalue weighted by molar-refractivity contribution is 5.87. The fourth-order valence-electron chi connectivity index (χ4n) is 2.77. The molecule has 0 N–H and O–H groups in total. The lowest BCUT2D eigenvalue weighted by molar-refractivity contribution is -0.142. The molecule has 1 aromatic carbocycles. The Kier molecular flexibility index (Phi) is 11.8. The number of unbranched alkanes of at least 4 members (excludes halogenated alkanes) is 8. The van der Waals surface area contributed by atoms with Crippen molar-refractivity contribution >= 4 is 12.0 Å². The van der Waals surface area contributed by atoms with Crippen molar-refractivity contribution < 1.29 is 9.53 Å². The van der Waals surface area contributed by atoms with Crippen LogP contribution in [0, 0.1) is 0 Å². The summed E-state index contributed by atoms with van der Waals surface area (Å²) in [5.74, 6) is -0.248. The molecule has 1 unspecified atom stereocenters. The molecule has 1 rings (SSSR count). The quantitative estimate of drug-likeness (QED) is 0.233. The van der Waals surface area contributed by atoms with E-state index in [4.69, 9.17) is 4.74 Å². The molecule has 1 aromatic rings. The van der Waals surface area contributed by atoms with Crippen LogP contribution in [0.4, 0.5) is 0 Å². The zero-order chi connectivity index (χ0) is 17.5. The summed E-state index contributed by atoms with van der Waals surface area (Å²) in [5.41, 5.74) is 1.01. The third kappa shape index (κ3) is 11.0. The minimum absolute atomic E-state index is 0.00229. The van der Waals surface area contributed by atoms with Crippen LogP contribution >= 0.6 is 0 Å².